The van der Waals surface area contributed by atoms with Gasteiger partial charge in [-0.3, -0.25) is 14.7 Å². The van der Waals surface area contributed by atoms with Crippen LogP contribution in [0.2, 0.25) is 0 Å². The van der Waals surface area contributed by atoms with Gasteiger partial charge in [0.2, 0.25) is 0 Å². The highest BCUT2D eigenvalue weighted by molar-refractivity contribution is 7.71. The Morgan fingerprint density at radius 3 is 2.96 bits per heavy atom. The van der Waals surface area contributed by atoms with Gasteiger partial charge in [-0.2, -0.15) is 0 Å². The highest BCUT2D eigenvalue weighted by Crippen LogP contribution is 2.28. The third kappa shape index (κ3) is 3.15. The Morgan fingerprint density at radius 2 is 2.15 bits per heavy atom. The van der Waals surface area contributed by atoms with Gasteiger partial charge in [-0.25, -0.2) is 4.79 Å². The van der Waals surface area contributed by atoms with Crippen molar-refractivity contribution >= 4 is 29.3 Å². The number of hydrogen-bond acceptors (Lipinski definition) is 4. The number of ether oxygens (including phenoxy) is 1. The van der Waals surface area contributed by atoms with Crippen LogP contribution < -0.4 is 5.56 Å². The highest BCUT2D eigenvalue weighted by Gasteiger charge is 2.30. The van der Waals surface area contributed by atoms with Crippen molar-refractivity contribution in [3.63, 3.8) is 0 Å². The standard InChI is InChI=1S/C18H18N4O4S/c23-16-15-13(5-6-19-15)22(17(27)20-16)9-11-3-1-2-4-12(11)14-10-26-8-7-21(14)18(24)25/h1-6,14,19H,7-10H2,(H,24,25)(H,20,23,27). The summed E-state index contributed by atoms with van der Waals surface area (Å²) in [6.07, 6.45) is 0.727. The van der Waals surface area contributed by atoms with Gasteiger partial charge in [0, 0.05) is 12.7 Å². The molecule has 3 aromatic rings. The maximum atomic E-state index is 12.0. The van der Waals surface area contributed by atoms with Crippen LogP contribution in [0.1, 0.15) is 17.2 Å². The molecule has 3 N–H and O–H groups in total. The zero-order valence-electron chi connectivity index (χ0n) is 14.3. The second kappa shape index (κ2) is 7.01. The Kier molecular flexibility index (Phi) is 4.54. The van der Waals surface area contributed by atoms with Crippen LogP contribution in [0.3, 0.4) is 0 Å². The van der Waals surface area contributed by atoms with Gasteiger partial charge < -0.3 is 19.4 Å². The molecule has 1 atom stereocenters. The molecule has 1 aliphatic rings. The van der Waals surface area contributed by atoms with Crippen LogP contribution in [0, 0.1) is 4.77 Å². The Bertz CT molecular complexity index is 1120. The molecule has 1 fully saturated rings. The number of rotatable bonds is 3. The lowest BCUT2D eigenvalue weighted by Gasteiger charge is -2.34. The van der Waals surface area contributed by atoms with E-state index in [4.69, 9.17) is 17.0 Å². The van der Waals surface area contributed by atoms with Gasteiger partial charge in [-0.1, -0.05) is 24.3 Å². The first-order chi connectivity index (χ1) is 13.1. The molecule has 0 saturated carbocycles. The van der Waals surface area contributed by atoms with Gasteiger partial charge in [0.15, 0.2) is 4.77 Å². The fraction of sp³-hybridized carbons (Fsp3) is 0.278. The van der Waals surface area contributed by atoms with Crippen LogP contribution in [0.4, 0.5) is 4.79 Å². The molecule has 1 unspecified atom stereocenters. The lowest BCUT2D eigenvalue weighted by atomic mass is 9.98. The normalized spacial score (nSPS) is 17.3. The summed E-state index contributed by atoms with van der Waals surface area (Å²) in [7, 11) is 0. The average Bonchev–Trinajstić information content (AvgIpc) is 3.16. The summed E-state index contributed by atoms with van der Waals surface area (Å²) < 4.78 is 7.68. The van der Waals surface area contributed by atoms with E-state index < -0.39 is 6.09 Å². The van der Waals surface area contributed by atoms with Gasteiger partial charge in [-0.05, 0) is 29.4 Å². The molecule has 3 heterocycles. The molecular weight excluding hydrogens is 368 g/mol. The third-order valence-corrected chi connectivity index (χ3v) is 5.15. The van der Waals surface area contributed by atoms with E-state index >= 15 is 0 Å². The molecule has 0 spiro atoms. The Balaban J connectivity index is 1.79. The summed E-state index contributed by atoms with van der Waals surface area (Å²) in [6.45, 7) is 1.43. The van der Waals surface area contributed by atoms with Crippen LogP contribution in [0.15, 0.2) is 41.3 Å². The van der Waals surface area contributed by atoms with Crippen LogP contribution in [0.5, 0.6) is 0 Å². The second-order valence-electron chi connectivity index (χ2n) is 6.35. The van der Waals surface area contributed by atoms with E-state index in [1.165, 1.54) is 4.90 Å². The molecule has 1 aromatic carbocycles. The minimum Gasteiger partial charge on any atom is -0.465 e. The lowest BCUT2D eigenvalue weighted by Crippen LogP contribution is -2.43. The van der Waals surface area contributed by atoms with E-state index in [9.17, 15) is 14.7 Å². The molecule has 140 valence electrons. The maximum Gasteiger partial charge on any atom is 0.407 e. The SMILES string of the molecule is O=C(O)N1CCOCC1c1ccccc1Cn1c(=S)[nH]c(=O)c2[nH]ccc21. The molecule has 0 radical (unpaired) electrons. The summed E-state index contributed by atoms with van der Waals surface area (Å²) in [5.74, 6) is 0. The summed E-state index contributed by atoms with van der Waals surface area (Å²) in [5, 5.41) is 9.54. The van der Waals surface area contributed by atoms with E-state index in [0.717, 1.165) is 11.1 Å². The monoisotopic (exact) mass is 386 g/mol. The van der Waals surface area contributed by atoms with Gasteiger partial charge in [0.25, 0.3) is 5.56 Å². The fourth-order valence-electron chi connectivity index (χ4n) is 3.53. The first-order valence-corrected chi connectivity index (χ1v) is 8.92. The number of carbonyl (C=O) groups is 1. The molecular formula is C18H18N4O4S. The van der Waals surface area contributed by atoms with Crippen molar-refractivity contribution < 1.29 is 14.6 Å². The smallest absolute Gasteiger partial charge is 0.407 e. The number of nitrogens with one attached hydrogen (secondary N) is 2. The number of morpholine rings is 1. The topological polar surface area (TPSA) is 103 Å². The minimum atomic E-state index is -0.966. The predicted octanol–water partition coefficient (Wildman–Crippen LogP) is 2.49. The van der Waals surface area contributed by atoms with Crippen LogP contribution in [-0.4, -0.2) is 50.4 Å². The second-order valence-corrected chi connectivity index (χ2v) is 6.74. The summed E-state index contributed by atoms with van der Waals surface area (Å²) >= 11 is 5.36. The molecule has 8 nitrogen and oxygen atoms in total. The van der Waals surface area contributed by atoms with E-state index in [1.807, 2.05) is 28.8 Å². The first-order valence-electron chi connectivity index (χ1n) is 8.51. The number of amides is 1. The zero-order chi connectivity index (χ0) is 19.0. The van der Waals surface area contributed by atoms with E-state index in [1.54, 1.807) is 12.3 Å². The molecule has 9 heteroatoms. The molecule has 2 aromatic heterocycles. The number of aromatic amines is 2. The van der Waals surface area contributed by atoms with Crippen LogP contribution >= 0.6 is 12.2 Å². The number of benzene rings is 1. The van der Waals surface area contributed by atoms with Gasteiger partial charge in [-0.15, -0.1) is 0 Å². The molecule has 1 aliphatic heterocycles. The van der Waals surface area contributed by atoms with Crippen molar-refractivity contribution in [1.29, 1.82) is 0 Å². The Morgan fingerprint density at radius 1 is 1.33 bits per heavy atom. The Labute approximate surface area is 159 Å². The first kappa shape index (κ1) is 17.5. The number of aromatic nitrogens is 3. The van der Waals surface area contributed by atoms with Crippen molar-refractivity contribution in [1.82, 2.24) is 19.4 Å². The molecule has 1 amide bonds. The van der Waals surface area contributed by atoms with Crippen LogP contribution in [-0.2, 0) is 11.3 Å². The van der Waals surface area contributed by atoms with Gasteiger partial charge in [0.1, 0.15) is 5.52 Å². The average molecular weight is 386 g/mol. The van der Waals surface area contributed by atoms with Crippen molar-refractivity contribution in [3.05, 3.63) is 62.8 Å². The van der Waals surface area contributed by atoms with E-state index in [-0.39, 0.29) is 11.6 Å². The molecule has 1 saturated heterocycles. The quantitative estimate of drug-likeness (QED) is 0.600. The van der Waals surface area contributed by atoms with Crippen molar-refractivity contribution in [2.45, 2.75) is 12.6 Å². The number of hydrogen-bond donors (Lipinski definition) is 3. The van der Waals surface area contributed by atoms with Crippen molar-refractivity contribution in [2.75, 3.05) is 19.8 Å². The maximum absolute atomic E-state index is 12.0. The third-order valence-electron chi connectivity index (χ3n) is 4.83. The van der Waals surface area contributed by atoms with E-state index in [0.29, 0.717) is 42.1 Å². The largest absolute Gasteiger partial charge is 0.465 e. The fourth-order valence-corrected chi connectivity index (χ4v) is 3.78. The Hall–Kier alpha value is -2.91. The molecule has 0 bridgehead atoms. The van der Waals surface area contributed by atoms with Crippen molar-refractivity contribution in [3.8, 4) is 0 Å². The highest BCUT2D eigenvalue weighted by atomic mass is 32.1. The molecule has 4 rings (SSSR count). The number of carboxylic acid groups (broad SMARTS) is 1. The van der Waals surface area contributed by atoms with E-state index in [2.05, 4.69) is 9.97 Å². The number of fused-ring (bicyclic) bond motifs is 1. The van der Waals surface area contributed by atoms with Gasteiger partial charge in [0.05, 0.1) is 31.3 Å². The molecule has 0 aliphatic carbocycles. The molecule has 27 heavy (non-hydrogen) atoms. The van der Waals surface area contributed by atoms with Crippen molar-refractivity contribution in [2.24, 2.45) is 0 Å². The minimum absolute atomic E-state index is 0.262. The summed E-state index contributed by atoms with van der Waals surface area (Å²) in [4.78, 5) is 30.7. The summed E-state index contributed by atoms with van der Waals surface area (Å²) in [6, 6.07) is 9.05. The summed E-state index contributed by atoms with van der Waals surface area (Å²) in [5.41, 5.74) is 2.69. The number of H-pyrrole nitrogens is 2. The number of nitrogens with zero attached hydrogens (tertiary/aromatic N) is 2. The van der Waals surface area contributed by atoms with Gasteiger partial charge >= 0.3 is 6.09 Å². The zero-order valence-corrected chi connectivity index (χ0v) is 15.2. The van der Waals surface area contributed by atoms with Crippen LogP contribution in [0.25, 0.3) is 11.0 Å². The lowest BCUT2D eigenvalue weighted by molar-refractivity contribution is -0.00118. The predicted molar refractivity (Wildman–Crippen MR) is 102 cm³/mol.